The molecule has 0 bridgehead atoms. The van der Waals surface area contributed by atoms with Crippen LogP contribution in [0.2, 0.25) is 0 Å². The number of hydrogen-bond acceptors (Lipinski definition) is 5. The van der Waals surface area contributed by atoms with Gasteiger partial charge < -0.3 is 5.32 Å². The summed E-state index contributed by atoms with van der Waals surface area (Å²) < 4.78 is 1.02. The maximum absolute atomic E-state index is 12.6. The molecular weight excluding hydrogens is 402 g/mol. The van der Waals surface area contributed by atoms with Crippen molar-refractivity contribution in [2.24, 2.45) is 0 Å². The van der Waals surface area contributed by atoms with Crippen LogP contribution in [-0.2, 0) is 11.2 Å². The van der Waals surface area contributed by atoms with Crippen molar-refractivity contribution in [3.63, 3.8) is 0 Å². The van der Waals surface area contributed by atoms with Gasteiger partial charge in [-0.15, -0.1) is 11.3 Å². The Bertz CT molecular complexity index is 1100. The van der Waals surface area contributed by atoms with Crippen molar-refractivity contribution in [2.45, 2.75) is 19.3 Å². The standard InChI is InChI=1S/C22H19N3O2S2/c26-20(12-4-8-17-9-5-13-28-17)23-16-7-3-6-15(14-16)21(27)25-22-24-18-10-1-2-11-19(18)29-22/h1-3,5-7,9-11,13-14H,4,8,12H2,(H,23,26)(H,24,25,27). The number of fused-ring (bicyclic) bond motifs is 1. The van der Waals surface area contributed by atoms with E-state index in [9.17, 15) is 9.59 Å². The molecule has 2 amide bonds. The number of nitrogens with zero attached hydrogens (tertiary/aromatic N) is 1. The van der Waals surface area contributed by atoms with Crippen LogP contribution in [-0.4, -0.2) is 16.8 Å². The second kappa shape index (κ2) is 8.98. The number of carbonyl (C=O) groups excluding carboxylic acids is 2. The van der Waals surface area contributed by atoms with Crippen molar-refractivity contribution in [3.8, 4) is 0 Å². The lowest BCUT2D eigenvalue weighted by molar-refractivity contribution is -0.116. The minimum atomic E-state index is -0.252. The Morgan fingerprint density at radius 3 is 2.69 bits per heavy atom. The van der Waals surface area contributed by atoms with E-state index in [1.807, 2.05) is 35.7 Å². The van der Waals surface area contributed by atoms with Crippen LogP contribution < -0.4 is 10.6 Å². The number of rotatable bonds is 7. The molecule has 146 valence electrons. The fraction of sp³-hybridized carbons (Fsp3) is 0.136. The minimum absolute atomic E-state index is 0.0507. The van der Waals surface area contributed by atoms with Gasteiger partial charge in [-0.25, -0.2) is 4.98 Å². The lowest BCUT2D eigenvalue weighted by Gasteiger charge is -2.07. The molecule has 0 aliphatic carbocycles. The molecule has 7 heteroatoms. The number of benzene rings is 2. The summed E-state index contributed by atoms with van der Waals surface area (Å²) in [7, 11) is 0. The fourth-order valence-corrected chi connectivity index (χ4v) is 4.55. The number of para-hydroxylation sites is 1. The predicted octanol–water partition coefficient (Wildman–Crippen LogP) is 5.57. The molecule has 0 aliphatic heterocycles. The first-order valence-corrected chi connectivity index (χ1v) is 11.0. The first kappa shape index (κ1) is 19.3. The van der Waals surface area contributed by atoms with Crippen LogP contribution in [0.3, 0.4) is 0 Å². The highest BCUT2D eigenvalue weighted by atomic mass is 32.1. The van der Waals surface area contributed by atoms with E-state index in [0.717, 1.165) is 23.1 Å². The first-order valence-electron chi connectivity index (χ1n) is 9.26. The topological polar surface area (TPSA) is 71.1 Å². The molecule has 4 rings (SSSR count). The number of hydrogen-bond donors (Lipinski definition) is 2. The number of carbonyl (C=O) groups is 2. The molecule has 29 heavy (non-hydrogen) atoms. The van der Waals surface area contributed by atoms with Gasteiger partial charge in [0.1, 0.15) is 0 Å². The van der Waals surface area contributed by atoms with E-state index < -0.39 is 0 Å². The Kier molecular flexibility index (Phi) is 5.97. The fourth-order valence-electron chi connectivity index (χ4n) is 2.93. The maximum Gasteiger partial charge on any atom is 0.257 e. The van der Waals surface area contributed by atoms with Crippen LogP contribution in [0.1, 0.15) is 28.1 Å². The number of aromatic nitrogens is 1. The quantitative estimate of drug-likeness (QED) is 0.410. The van der Waals surface area contributed by atoms with Gasteiger partial charge in [-0.2, -0.15) is 0 Å². The lowest BCUT2D eigenvalue weighted by atomic mass is 10.1. The molecule has 0 radical (unpaired) electrons. The van der Waals surface area contributed by atoms with Gasteiger partial charge in [-0.3, -0.25) is 14.9 Å². The van der Waals surface area contributed by atoms with E-state index in [2.05, 4.69) is 21.7 Å². The molecule has 0 atom stereocenters. The minimum Gasteiger partial charge on any atom is -0.326 e. The number of nitrogens with one attached hydrogen (secondary N) is 2. The van der Waals surface area contributed by atoms with E-state index >= 15 is 0 Å². The number of amides is 2. The predicted molar refractivity (Wildman–Crippen MR) is 120 cm³/mol. The van der Waals surface area contributed by atoms with Gasteiger partial charge in [0.15, 0.2) is 5.13 Å². The Hall–Kier alpha value is -3.03. The lowest BCUT2D eigenvalue weighted by Crippen LogP contribution is -2.14. The van der Waals surface area contributed by atoms with Crippen LogP contribution in [0, 0.1) is 0 Å². The number of thiazole rings is 1. The SMILES string of the molecule is O=C(CCCc1cccs1)Nc1cccc(C(=O)Nc2nc3ccccc3s2)c1. The molecule has 2 aromatic heterocycles. The van der Waals surface area contributed by atoms with E-state index in [1.165, 1.54) is 16.2 Å². The Morgan fingerprint density at radius 2 is 1.86 bits per heavy atom. The van der Waals surface area contributed by atoms with Gasteiger partial charge in [0.25, 0.3) is 5.91 Å². The zero-order chi connectivity index (χ0) is 20.1. The molecule has 0 spiro atoms. The summed E-state index contributed by atoms with van der Waals surface area (Å²) in [6, 6.07) is 18.8. The molecule has 0 fully saturated rings. The van der Waals surface area contributed by atoms with Gasteiger partial charge in [0.2, 0.25) is 5.91 Å². The third-order valence-corrected chi connectivity index (χ3v) is 6.22. The van der Waals surface area contributed by atoms with Crippen LogP contribution in [0.4, 0.5) is 10.8 Å². The zero-order valence-electron chi connectivity index (χ0n) is 15.6. The average molecular weight is 422 g/mol. The van der Waals surface area contributed by atoms with Gasteiger partial charge in [-0.1, -0.05) is 35.6 Å². The number of aryl methyl sites for hydroxylation is 1. The first-order chi connectivity index (χ1) is 14.2. The molecule has 0 saturated carbocycles. The third kappa shape index (κ3) is 5.07. The Balaban J connectivity index is 1.34. The van der Waals surface area contributed by atoms with Crippen molar-refractivity contribution in [2.75, 3.05) is 10.6 Å². The summed E-state index contributed by atoms with van der Waals surface area (Å²) in [5.74, 6) is -0.303. The third-order valence-electron chi connectivity index (χ3n) is 4.33. The summed E-state index contributed by atoms with van der Waals surface area (Å²) in [6.07, 6.45) is 2.14. The van der Waals surface area contributed by atoms with Crippen molar-refractivity contribution >= 4 is 55.5 Å². The summed E-state index contributed by atoms with van der Waals surface area (Å²) in [4.78, 5) is 30.5. The van der Waals surface area contributed by atoms with E-state index in [4.69, 9.17) is 0 Å². The van der Waals surface area contributed by atoms with E-state index in [-0.39, 0.29) is 11.8 Å². The van der Waals surface area contributed by atoms with Crippen molar-refractivity contribution in [1.82, 2.24) is 4.98 Å². The summed E-state index contributed by atoms with van der Waals surface area (Å²) >= 11 is 3.14. The molecular formula is C22H19N3O2S2. The monoisotopic (exact) mass is 421 g/mol. The van der Waals surface area contributed by atoms with Crippen molar-refractivity contribution in [3.05, 3.63) is 76.5 Å². The smallest absolute Gasteiger partial charge is 0.257 e. The van der Waals surface area contributed by atoms with Crippen LogP contribution >= 0.6 is 22.7 Å². The van der Waals surface area contributed by atoms with Gasteiger partial charge in [-0.05, 0) is 54.6 Å². The number of thiophene rings is 1. The van der Waals surface area contributed by atoms with Crippen LogP contribution in [0.15, 0.2) is 66.0 Å². The summed E-state index contributed by atoms with van der Waals surface area (Å²) in [6.45, 7) is 0. The highest BCUT2D eigenvalue weighted by Gasteiger charge is 2.11. The zero-order valence-corrected chi connectivity index (χ0v) is 17.2. The molecule has 2 heterocycles. The van der Waals surface area contributed by atoms with E-state index in [0.29, 0.717) is 22.8 Å². The molecule has 5 nitrogen and oxygen atoms in total. The van der Waals surface area contributed by atoms with Gasteiger partial charge >= 0.3 is 0 Å². The van der Waals surface area contributed by atoms with Crippen molar-refractivity contribution < 1.29 is 9.59 Å². The number of anilines is 2. The van der Waals surface area contributed by atoms with E-state index in [1.54, 1.807) is 35.6 Å². The molecule has 2 aromatic carbocycles. The van der Waals surface area contributed by atoms with Gasteiger partial charge in [0.05, 0.1) is 10.2 Å². The molecule has 0 saturated heterocycles. The maximum atomic E-state index is 12.6. The van der Waals surface area contributed by atoms with Crippen LogP contribution in [0.5, 0.6) is 0 Å². The normalized spacial score (nSPS) is 10.8. The second-order valence-corrected chi connectivity index (χ2v) is 8.57. The molecule has 2 N–H and O–H groups in total. The highest BCUT2D eigenvalue weighted by molar-refractivity contribution is 7.22. The average Bonchev–Trinajstić information content (AvgIpc) is 3.37. The highest BCUT2D eigenvalue weighted by Crippen LogP contribution is 2.26. The second-order valence-electron chi connectivity index (χ2n) is 6.50. The van der Waals surface area contributed by atoms with Crippen molar-refractivity contribution in [1.29, 1.82) is 0 Å². The summed E-state index contributed by atoms with van der Waals surface area (Å²) in [5.41, 5.74) is 1.94. The molecule has 0 unspecified atom stereocenters. The largest absolute Gasteiger partial charge is 0.326 e. The Morgan fingerprint density at radius 1 is 0.966 bits per heavy atom. The Labute approximate surface area is 176 Å². The molecule has 0 aliphatic rings. The molecule has 4 aromatic rings. The summed E-state index contributed by atoms with van der Waals surface area (Å²) in [5, 5.41) is 8.31. The van der Waals surface area contributed by atoms with Crippen LogP contribution in [0.25, 0.3) is 10.2 Å². The van der Waals surface area contributed by atoms with Gasteiger partial charge in [0, 0.05) is 22.5 Å².